The van der Waals surface area contributed by atoms with E-state index in [9.17, 15) is 4.79 Å². The van der Waals surface area contributed by atoms with Gasteiger partial charge in [-0.3, -0.25) is 15.6 Å². The third-order valence-corrected chi connectivity index (χ3v) is 2.47. The van der Waals surface area contributed by atoms with E-state index in [-0.39, 0.29) is 5.76 Å². The molecule has 0 fully saturated rings. The van der Waals surface area contributed by atoms with Gasteiger partial charge in [0.1, 0.15) is 12.0 Å². The van der Waals surface area contributed by atoms with Crippen LogP contribution in [0, 0.1) is 0 Å². The van der Waals surface area contributed by atoms with Crippen LogP contribution in [-0.2, 0) is 0 Å². The highest BCUT2D eigenvalue weighted by Gasteiger charge is 2.11. The van der Waals surface area contributed by atoms with Crippen molar-refractivity contribution in [2.45, 2.75) is 13.3 Å². The average molecular weight is 276 g/mol. The lowest BCUT2D eigenvalue weighted by atomic mass is 10.4. The Morgan fingerprint density at radius 3 is 2.90 bits per heavy atom. The molecule has 0 spiro atoms. The van der Waals surface area contributed by atoms with Gasteiger partial charge in [0.25, 0.3) is 0 Å². The molecule has 8 heteroatoms. The summed E-state index contributed by atoms with van der Waals surface area (Å²) in [5.41, 5.74) is 11.3. The third-order valence-electron chi connectivity index (χ3n) is 2.47. The van der Waals surface area contributed by atoms with E-state index in [1.807, 2.05) is 6.92 Å². The highest BCUT2D eigenvalue weighted by molar-refractivity contribution is 5.92. The first-order valence-corrected chi connectivity index (χ1v) is 6.16. The van der Waals surface area contributed by atoms with Crippen molar-refractivity contribution in [2.75, 3.05) is 23.0 Å². The number of nitrogens with two attached hydrogens (primary N) is 1. The molecule has 0 bridgehead atoms. The molecule has 0 aliphatic heterocycles. The quantitative estimate of drug-likeness (QED) is 0.586. The van der Waals surface area contributed by atoms with Crippen LogP contribution < -0.4 is 21.9 Å². The number of hydrogen-bond donors (Lipinski definition) is 4. The molecule has 106 valence electrons. The molecule has 0 saturated heterocycles. The van der Waals surface area contributed by atoms with Crippen LogP contribution in [0.3, 0.4) is 0 Å². The maximum atomic E-state index is 11.7. The van der Waals surface area contributed by atoms with E-state index in [2.05, 4.69) is 26.1 Å². The SMILES string of the molecule is CCCNc1ncnc(NNC(=O)c2ccco2)c1N. The number of anilines is 3. The number of furan rings is 1. The zero-order chi connectivity index (χ0) is 14.4. The van der Waals surface area contributed by atoms with Crippen molar-refractivity contribution in [3.8, 4) is 0 Å². The molecular weight excluding hydrogens is 260 g/mol. The molecule has 0 unspecified atom stereocenters. The Hall–Kier alpha value is -2.77. The standard InChI is InChI=1S/C12H16N6O2/c1-2-5-14-10-9(13)11(16-7-15-10)17-18-12(19)8-4-3-6-20-8/h3-4,6-7H,2,5,13H2,1H3,(H,18,19)(H2,14,15,16,17). The van der Waals surface area contributed by atoms with Gasteiger partial charge in [-0.15, -0.1) is 0 Å². The Bertz CT molecular complexity index is 569. The number of hydrogen-bond acceptors (Lipinski definition) is 7. The summed E-state index contributed by atoms with van der Waals surface area (Å²) in [5.74, 6) is 0.612. The van der Waals surface area contributed by atoms with Gasteiger partial charge in [-0.1, -0.05) is 6.92 Å². The second-order valence-electron chi connectivity index (χ2n) is 3.97. The molecule has 0 radical (unpaired) electrons. The van der Waals surface area contributed by atoms with E-state index in [4.69, 9.17) is 10.2 Å². The lowest BCUT2D eigenvalue weighted by Gasteiger charge is -2.12. The van der Waals surface area contributed by atoms with Crippen LogP contribution in [0.25, 0.3) is 0 Å². The maximum Gasteiger partial charge on any atom is 0.305 e. The Morgan fingerprint density at radius 2 is 2.20 bits per heavy atom. The second kappa shape index (κ2) is 6.41. The van der Waals surface area contributed by atoms with Gasteiger partial charge in [0.2, 0.25) is 0 Å². The van der Waals surface area contributed by atoms with E-state index in [1.165, 1.54) is 12.6 Å². The van der Waals surface area contributed by atoms with Crippen LogP contribution in [0.1, 0.15) is 23.9 Å². The smallest absolute Gasteiger partial charge is 0.305 e. The van der Waals surface area contributed by atoms with Gasteiger partial charge in [0.05, 0.1) is 6.26 Å². The van der Waals surface area contributed by atoms with Gasteiger partial charge in [0.15, 0.2) is 17.4 Å². The molecule has 20 heavy (non-hydrogen) atoms. The van der Waals surface area contributed by atoms with Crippen LogP contribution in [0.5, 0.6) is 0 Å². The lowest BCUT2D eigenvalue weighted by Crippen LogP contribution is -2.30. The number of nitrogens with one attached hydrogen (secondary N) is 3. The third kappa shape index (κ3) is 3.16. The summed E-state index contributed by atoms with van der Waals surface area (Å²) in [6, 6.07) is 3.18. The fourth-order valence-electron chi connectivity index (χ4n) is 1.46. The molecule has 2 heterocycles. The maximum absolute atomic E-state index is 11.7. The molecule has 2 rings (SSSR count). The van der Waals surface area contributed by atoms with Gasteiger partial charge in [0, 0.05) is 6.54 Å². The number of amides is 1. The van der Waals surface area contributed by atoms with E-state index in [1.54, 1.807) is 12.1 Å². The number of carbonyl (C=O) groups excluding carboxylic acids is 1. The predicted octanol–water partition coefficient (Wildman–Crippen LogP) is 1.23. The molecule has 0 aliphatic carbocycles. The van der Waals surface area contributed by atoms with Crippen LogP contribution in [-0.4, -0.2) is 22.4 Å². The molecule has 2 aromatic heterocycles. The fraction of sp³-hybridized carbons (Fsp3) is 0.250. The van der Waals surface area contributed by atoms with Crippen molar-refractivity contribution in [3.63, 3.8) is 0 Å². The van der Waals surface area contributed by atoms with Crippen molar-refractivity contribution in [3.05, 3.63) is 30.5 Å². The van der Waals surface area contributed by atoms with Gasteiger partial charge in [-0.05, 0) is 18.6 Å². The van der Waals surface area contributed by atoms with Gasteiger partial charge >= 0.3 is 5.91 Å². The zero-order valence-electron chi connectivity index (χ0n) is 11.0. The molecule has 0 atom stereocenters. The van der Waals surface area contributed by atoms with E-state index >= 15 is 0 Å². The summed E-state index contributed by atoms with van der Waals surface area (Å²) in [6.07, 6.45) is 3.72. The van der Waals surface area contributed by atoms with Crippen molar-refractivity contribution in [1.82, 2.24) is 15.4 Å². The van der Waals surface area contributed by atoms with Crippen molar-refractivity contribution in [2.24, 2.45) is 0 Å². The summed E-state index contributed by atoms with van der Waals surface area (Å²) >= 11 is 0. The summed E-state index contributed by atoms with van der Waals surface area (Å²) in [6.45, 7) is 2.78. The van der Waals surface area contributed by atoms with Crippen LogP contribution in [0.15, 0.2) is 29.1 Å². The van der Waals surface area contributed by atoms with E-state index in [0.29, 0.717) is 17.3 Å². The molecule has 2 aromatic rings. The number of aromatic nitrogens is 2. The highest BCUT2D eigenvalue weighted by atomic mass is 16.3. The highest BCUT2D eigenvalue weighted by Crippen LogP contribution is 2.21. The van der Waals surface area contributed by atoms with Crippen molar-refractivity contribution < 1.29 is 9.21 Å². The normalized spacial score (nSPS) is 10.1. The summed E-state index contributed by atoms with van der Waals surface area (Å²) in [4.78, 5) is 19.7. The fourth-order valence-corrected chi connectivity index (χ4v) is 1.46. The van der Waals surface area contributed by atoms with Crippen LogP contribution in [0.4, 0.5) is 17.3 Å². The summed E-state index contributed by atoms with van der Waals surface area (Å²) < 4.78 is 4.96. The molecule has 0 saturated carbocycles. The van der Waals surface area contributed by atoms with E-state index < -0.39 is 5.91 Å². The second-order valence-corrected chi connectivity index (χ2v) is 3.97. The number of nitrogen functional groups attached to an aromatic ring is 1. The molecule has 5 N–H and O–H groups in total. The summed E-state index contributed by atoms with van der Waals surface area (Å²) in [5, 5.41) is 3.07. The molecule has 1 amide bonds. The van der Waals surface area contributed by atoms with Crippen LogP contribution in [0.2, 0.25) is 0 Å². The number of hydrazine groups is 1. The number of carbonyl (C=O) groups is 1. The Kier molecular flexibility index (Phi) is 4.38. The summed E-state index contributed by atoms with van der Waals surface area (Å²) in [7, 11) is 0. The van der Waals surface area contributed by atoms with Crippen LogP contribution >= 0.6 is 0 Å². The minimum Gasteiger partial charge on any atom is -0.459 e. The molecular formula is C12H16N6O2. The number of nitrogens with zero attached hydrogens (tertiary/aromatic N) is 2. The topological polar surface area (TPSA) is 118 Å². The molecule has 8 nitrogen and oxygen atoms in total. The molecule has 0 aromatic carbocycles. The minimum absolute atomic E-state index is 0.189. The number of rotatable bonds is 6. The minimum atomic E-state index is -0.420. The monoisotopic (exact) mass is 276 g/mol. The van der Waals surface area contributed by atoms with Crippen molar-refractivity contribution >= 4 is 23.2 Å². The average Bonchev–Trinajstić information content (AvgIpc) is 2.99. The first-order valence-electron chi connectivity index (χ1n) is 6.16. The first kappa shape index (κ1) is 13.7. The predicted molar refractivity (Wildman–Crippen MR) is 75.0 cm³/mol. The van der Waals surface area contributed by atoms with Gasteiger partial charge in [-0.2, -0.15) is 0 Å². The van der Waals surface area contributed by atoms with Gasteiger partial charge < -0.3 is 15.5 Å². The van der Waals surface area contributed by atoms with Crippen molar-refractivity contribution in [1.29, 1.82) is 0 Å². The largest absolute Gasteiger partial charge is 0.459 e. The Morgan fingerprint density at radius 1 is 1.40 bits per heavy atom. The lowest BCUT2D eigenvalue weighted by molar-refractivity contribution is 0.0935. The first-order chi connectivity index (χ1) is 9.72. The zero-order valence-corrected chi connectivity index (χ0v) is 11.0. The van der Waals surface area contributed by atoms with Gasteiger partial charge in [-0.25, -0.2) is 9.97 Å². The molecule has 0 aliphatic rings. The van der Waals surface area contributed by atoms with E-state index in [0.717, 1.165) is 13.0 Å². The Labute approximate surface area is 115 Å². The Balaban J connectivity index is 2.00.